The Balaban J connectivity index is 1.89. The van der Waals surface area contributed by atoms with Crippen LogP contribution in [0, 0.1) is 12.7 Å². The van der Waals surface area contributed by atoms with Crippen LogP contribution in [0.4, 0.5) is 19.1 Å². The monoisotopic (exact) mass is 469 g/mol. The Bertz CT molecular complexity index is 1310. The van der Waals surface area contributed by atoms with Crippen molar-refractivity contribution in [1.82, 2.24) is 29.7 Å². The van der Waals surface area contributed by atoms with Crippen LogP contribution < -0.4 is 10.5 Å². The van der Waals surface area contributed by atoms with E-state index in [9.17, 15) is 13.2 Å². The molecule has 0 aliphatic carbocycles. The molecule has 0 aliphatic heterocycles. The average molecular weight is 469 g/mol. The molecule has 4 rings (SSSR count). The standard InChI is InChI=1S/C23H22F3N7O/c1-12(2)33-18(28-11-29-33)10-34-22-19(15-8-13(3)30-17(9-15)21(25)26)20(31-23(27)32-22)14-4-6-16(24)7-5-14/h4-9,11-12,21H,10H2,1-3H3,(H2,27,31,32). The van der Waals surface area contributed by atoms with Crippen LogP contribution in [-0.2, 0) is 6.61 Å². The minimum Gasteiger partial charge on any atom is -0.469 e. The normalized spacial score (nSPS) is 11.4. The predicted octanol–water partition coefficient (Wildman–Crippen LogP) is 4.92. The molecule has 2 N–H and O–H groups in total. The minimum absolute atomic E-state index is 0.00371. The topological polar surface area (TPSA) is 105 Å². The maximum Gasteiger partial charge on any atom is 0.280 e. The van der Waals surface area contributed by atoms with Crippen LogP contribution in [0.1, 0.15) is 43.5 Å². The van der Waals surface area contributed by atoms with Crippen molar-refractivity contribution in [2.75, 3.05) is 5.73 Å². The Labute approximate surface area is 193 Å². The molecule has 0 aliphatic rings. The van der Waals surface area contributed by atoms with Gasteiger partial charge < -0.3 is 10.5 Å². The lowest BCUT2D eigenvalue weighted by Gasteiger charge is -2.17. The lowest BCUT2D eigenvalue weighted by atomic mass is 9.99. The van der Waals surface area contributed by atoms with Gasteiger partial charge in [-0.3, -0.25) is 4.98 Å². The largest absolute Gasteiger partial charge is 0.469 e. The van der Waals surface area contributed by atoms with Crippen LogP contribution in [0.25, 0.3) is 22.4 Å². The van der Waals surface area contributed by atoms with Gasteiger partial charge in [-0.2, -0.15) is 10.1 Å². The van der Waals surface area contributed by atoms with E-state index in [0.717, 1.165) is 0 Å². The molecule has 8 nitrogen and oxygen atoms in total. The molecule has 0 spiro atoms. The fraction of sp³-hybridized carbons (Fsp3) is 0.261. The first kappa shape index (κ1) is 23.1. The summed E-state index contributed by atoms with van der Waals surface area (Å²) in [6, 6.07) is 8.49. The van der Waals surface area contributed by atoms with Crippen molar-refractivity contribution < 1.29 is 17.9 Å². The Morgan fingerprint density at radius 3 is 2.44 bits per heavy atom. The van der Waals surface area contributed by atoms with Crippen LogP contribution in [0.2, 0.25) is 0 Å². The van der Waals surface area contributed by atoms with Crippen LogP contribution in [0.15, 0.2) is 42.7 Å². The third-order valence-electron chi connectivity index (χ3n) is 4.97. The highest BCUT2D eigenvalue weighted by Gasteiger charge is 2.22. The molecule has 0 saturated heterocycles. The lowest BCUT2D eigenvalue weighted by Crippen LogP contribution is -2.12. The van der Waals surface area contributed by atoms with Crippen molar-refractivity contribution in [3.63, 3.8) is 0 Å². The van der Waals surface area contributed by atoms with E-state index in [0.29, 0.717) is 33.9 Å². The molecule has 3 heterocycles. The molecule has 176 valence electrons. The van der Waals surface area contributed by atoms with Crippen LogP contribution in [0.5, 0.6) is 5.88 Å². The maximum absolute atomic E-state index is 13.6. The van der Waals surface area contributed by atoms with E-state index >= 15 is 0 Å². The lowest BCUT2D eigenvalue weighted by molar-refractivity contribution is 0.146. The molecule has 4 aromatic rings. The molecule has 11 heteroatoms. The van der Waals surface area contributed by atoms with Crippen LogP contribution in [-0.4, -0.2) is 29.7 Å². The first-order valence-corrected chi connectivity index (χ1v) is 10.4. The molecule has 0 amide bonds. The van der Waals surface area contributed by atoms with E-state index in [2.05, 4.69) is 25.0 Å². The van der Waals surface area contributed by atoms with Gasteiger partial charge in [0.05, 0.1) is 11.3 Å². The second-order valence-electron chi connectivity index (χ2n) is 7.84. The number of anilines is 1. The summed E-state index contributed by atoms with van der Waals surface area (Å²) < 4.78 is 48.3. The summed E-state index contributed by atoms with van der Waals surface area (Å²) in [5.74, 6) is 0.0800. The summed E-state index contributed by atoms with van der Waals surface area (Å²) in [5.41, 5.74) is 7.44. The molecular weight excluding hydrogens is 447 g/mol. The summed E-state index contributed by atoms with van der Waals surface area (Å²) in [6.07, 6.45) is -1.37. The zero-order valence-electron chi connectivity index (χ0n) is 18.7. The number of aromatic nitrogens is 6. The fourth-order valence-electron chi connectivity index (χ4n) is 3.53. The second-order valence-corrected chi connectivity index (χ2v) is 7.84. The average Bonchev–Trinajstić information content (AvgIpc) is 3.26. The molecule has 34 heavy (non-hydrogen) atoms. The Morgan fingerprint density at radius 1 is 1.03 bits per heavy atom. The van der Waals surface area contributed by atoms with Gasteiger partial charge in [-0.05, 0) is 62.7 Å². The molecule has 0 atom stereocenters. The van der Waals surface area contributed by atoms with Crippen molar-refractivity contribution in [2.45, 2.75) is 39.8 Å². The molecule has 1 aromatic carbocycles. The number of nitrogen functional groups attached to an aromatic ring is 1. The molecule has 0 radical (unpaired) electrons. The zero-order chi connectivity index (χ0) is 24.4. The summed E-state index contributed by atoms with van der Waals surface area (Å²) in [4.78, 5) is 16.7. The van der Waals surface area contributed by atoms with Gasteiger partial charge in [-0.25, -0.2) is 27.8 Å². The van der Waals surface area contributed by atoms with Crippen LogP contribution in [0.3, 0.4) is 0 Å². The fourth-order valence-corrected chi connectivity index (χ4v) is 3.53. The van der Waals surface area contributed by atoms with Gasteiger partial charge in [0, 0.05) is 17.3 Å². The molecule has 0 fully saturated rings. The number of ether oxygens (including phenoxy) is 1. The van der Waals surface area contributed by atoms with E-state index in [1.54, 1.807) is 17.7 Å². The summed E-state index contributed by atoms with van der Waals surface area (Å²) in [7, 11) is 0. The van der Waals surface area contributed by atoms with Crippen molar-refractivity contribution >= 4 is 5.95 Å². The molecule has 0 saturated carbocycles. The highest BCUT2D eigenvalue weighted by atomic mass is 19.3. The van der Waals surface area contributed by atoms with E-state index < -0.39 is 17.9 Å². The predicted molar refractivity (Wildman–Crippen MR) is 120 cm³/mol. The molecule has 0 bridgehead atoms. The third-order valence-corrected chi connectivity index (χ3v) is 4.97. The van der Waals surface area contributed by atoms with E-state index in [4.69, 9.17) is 10.5 Å². The number of halogens is 3. The Hall–Kier alpha value is -4.02. The first-order chi connectivity index (χ1) is 16.2. The zero-order valence-corrected chi connectivity index (χ0v) is 18.7. The smallest absolute Gasteiger partial charge is 0.280 e. The van der Waals surface area contributed by atoms with Gasteiger partial charge in [-0.15, -0.1) is 0 Å². The SMILES string of the molecule is Cc1cc(-c2c(OCc3ncnn3C(C)C)nc(N)nc2-c2ccc(F)cc2)cc(C(F)F)n1. The molecule has 0 unspecified atom stereocenters. The highest BCUT2D eigenvalue weighted by Crippen LogP contribution is 2.39. The molecule has 3 aromatic heterocycles. The number of rotatable bonds is 7. The van der Waals surface area contributed by atoms with Gasteiger partial charge in [-0.1, -0.05) is 0 Å². The number of nitrogens with two attached hydrogens (primary N) is 1. The quantitative estimate of drug-likeness (QED) is 0.409. The number of nitrogens with zero attached hydrogens (tertiary/aromatic N) is 6. The van der Waals surface area contributed by atoms with Gasteiger partial charge in [0.2, 0.25) is 11.8 Å². The number of alkyl halides is 2. The third kappa shape index (κ3) is 4.82. The summed E-state index contributed by atoms with van der Waals surface area (Å²) >= 11 is 0. The Kier molecular flexibility index (Phi) is 6.44. The first-order valence-electron chi connectivity index (χ1n) is 10.4. The van der Waals surface area contributed by atoms with Crippen molar-refractivity contribution in [1.29, 1.82) is 0 Å². The number of benzene rings is 1. The van der Waals surface area contributed by atoms with E-state index in [-0.39, 0.29) is 24.5 Å². The van der Waals surface area contributed by atoms with Crippen molar-refractivity contribution in [3.8, 4) is 28.3 Å². The summed E-state index contributed by atoms with van der Waals surface area (Å²) in [6.45, 7) is 5.50. The second kappa shape index (κ2) is 9.46. The summed E-state index contributed by atoms with van der Waals surface area (Å²) in [5, 5.41) is 4.18. The van der Waals surface area contributed by atoms with Crippen molar-refractivity contribution in [3.05, 3.63) is 65.8 Å². The highest BCUT2D eigenvalue weighted by molar-refractivity contribution is 5.85. The number of aryl methyl sites for hydroxylation is 1. The maximum atomic E-state index is 13.6. The van der Waals surface area contributed by atoms with Gasteiger partial charge in [0.15, 0.2) is 5.82 Å². The number of pyridine rings is 1. The van der Waals surface area contributed by atoms with Crippen molar-refractivity contribution in [2.24, 2.45) is 0 Å². The van der Waals surface area contributed by atoms with Crippen LogP contribution >= 0.6 is 0 Å². The number of hydrogen-bond donors (Lipinski definition) is 1. The van der Waals surface area contributed by atoms with Gasteiger partial charge >= 0.3 is 0 Å². The molecular formula is C23H22F3N7O. The van der Waals surface area contributed by atoms with Gasteiger partial charge in [0.25, 0.3) is 6.43 Å². The Morgan fingerprint density at radius 2 is 1.76 bits per heavy atom. The van der Waals surface area contributed by atoms with Gasteiger partial charge in [0.1, 0.15) is 24.4 Å². The number of hydrogen-bond acceptors (Lipinski definition) is 7. The van der Waals surface area contributed by atoms with E-state index in [1.807, 2.05) is 13.8 Å². The minimum atomic E-state index is -2.78. The van der Waals surface area contributed by atoms with E-state index in [1.165, 1.54) is 36.7 Å².